The lowest BCUT2D eigenvalue weighted by molar-refractivity contribution is 0.0948. The first kappa shape index (κ1) is 26.1. The van der Waals surface area contributed by atoms with Crippen LogP contribution in [0.4, 0.5) is 10.8 Å². The second kappa shape index (κ2) is 11.1. The first-order valence-corrected chi connectivity index (χ1v) is 14.9. The summed E-state index contributed by atoms with van der Waals surface area (Å²) in [6.07, 6.45) is 0. The van der Waals surface area contributed by atoms with Gasteiger partial charge in [-0.1, -0.05) is 35.1 Å². The lowest BCUT2D eigenvalue weighted by atomic mass is 10.2. The van der Waals surface area contributed by atoms with E-state index in [4.69, 9.17) is 4.98 Å². The Morgan fingerprint density at radius 3 is 2.32 bits per heavy atom. The zero-order chi connectivity index (χ0) is 26.7. The van der Waals surface area contributed by atoms with Gasteiger partial charge in [-0.15, -0.1) is 0 Å². The number of amides is 1. The standard InChI is InChI=1S/C28H31N5O3S2/c1-20-3-10-24(11-4-20)38(35,36)31-23-8-6-22(7-9-23)27(34)29-13-14-32-15-17-33(18-16-32)28-30-25-12-5-21(2)19-26(25)37-28/h3-12,19,31H,13-18H2,1-2H3,(H,29,34). The smallest absolute Gasteiger partial charge is 0.261 e. The average Bonchev–Trinajstić information content (AvgIpc) is 3.33. The van der Waals surface area contributed by atoms with E-state index < -0.39 is 10.0 Å². The molecule has 5 rings (SSSR count). The van der Waals surface area contributed by atoms with Gasteiger partial charge in [0.25, 0.3) is 15.9 Å². The van der Waals surface area contributed by atoms with Crippen molar-refractivity contribution in [2.75, 3.05) is 48.9 Å². The highest BCUT2D eigenvalue weighted by molar-refractivity contribution is 7.92. The Bertz CT molecular complexity index is 1530. The largest absolute Gasteiger partial charge is 0.351 e. The van der Waals surface area contributed by atoms with Crippen LogP contribution in [-0.2, 0) is 10.0 Å². The molecule has 1 aliphatic rings. The van der Waals surface area contributed by atoms with E-state index in [1.807, 2.05) is 6.92 Å². The van der Waals surface area contributed by atoms with Crippen molar-refractivity contribution in [3.63, 3.8) is 0 Å². The van der Waals surface area contributed by atoms with Gasteiger partial charge in [0.05, 0.1) is 15.1 Å². The third-order valence-corrected chi connectivity index (χ3v) is 9.10. The molecule has 4 aromatic rings. The molecule has 38 heavy (non-hydrogen) atoms. The van der Waals surface area contributed by atoms with Crippen molar-refractivity contribution in [3.05, 3.63) is 83.4 Å². The van der Waals surface area contributed by atoms with Crippen LogP contribution in [0.1, 0.15) is 21.5 Å². The molecule has 0 spiro atoms. The number of thiazole rings is 1. The van der Waals surface area contributed by atoms with Gasteiger partial charge in [-0.3, -0.25) is 14.4 Å². The molecule has 198 valence electrons. The van der Waals surface area contributed by atoms with E-state index in [0.29, 0.717) is 17.8 Å². The highest BCUT2D eigenvalue weighted by Crippen LogP contribution is 2.30. The predicted molar refractivity (Wildman–Crippen MR) is 154 cm³/mol. The molecule has 1 aliphatic heterocycles. The number of hydrogen-bond donors (Lipinski definition) is 2. The molecular formula is C28H31N5O3S2. The number of anilines is 2. The van der Waals surface area contributed by atoms with Crippen molar-refractivity contribution in [2.24, 2.45) is 0 Å². The zero-order valence-electron chi connectivity index (χ0n) is 21.5. The minimum absolute atomic E-state index is 0.179. The number of carbonyl (C=O) groups is 1. The summed E-state index contributed by atoms with van der Waals surface area (Å²) in [7, 11) is -3.68. The molecule has 1 saturated heterocycles. The van der Waals surface area contributed by atoms with Crippen molar-refractivity contribution in [1.29, 1.82) is 0 Å². The van der Waals surface area contributed by atoms with Gasteiger partial charge in [-0.2, -0.15) is 0 Å². The summed E-state index contributed by atoms with van der Waals surface area (Å²) < 4.78 is 28.9. The van der Waals surface area contributed by atoms with Gasteiger partial charge in [0.2, 0.25) is 0 Å². The SMILES string of the molecule is Cc1ccc(S(=O)(=O)Nc2ccc(C(=O)NCCN3CCN(c4nc5ccc(C)cc5s4)CC3)cc2)cc1. The third kappa shape index (κ3) is 6.15. The topological polar surface area (TPSA) is 94.6 Å². The van der Waals surface area contributed by atoms with Crippen molar-refractivity contribution >= 4 is 48.3 Å². The summed E-state index contributed by atoms with van der Waals surface area (Å²) >= 11 is 1.74. The van der Waals surface area contributed by atoms with Crippen LogP contribution in [0.15, 0.2) is 71.6 Å². The van der Waals surface area contributed by atoms with Crippen molar-refractivity contribution in [2.45, 2.75) is 18.7 Å². The molecule has 0 atom stereocenters. The monoisotopic (exact) mass is 549 g/mol. The molecule has 8 nitrogen and oxygen atoms in total. The lowest BCUT2D eigenvalue weighted by Crippen LogP contribution is -2.48. The van der Waals surface area contributed by atoms with Gasteiger partial charge in [0, 0.05) is 50.5 Å². The van der Waals surface area contributed by atoms with E-state index in [1.165, 1.54) is 10.3 Å². The van der Waals surface area contributed by atoms with Crippen molar-refractivity contribution in [3.8, 4) is 0 Å². The van der Waals surface area contributed by atoms with Gasteiger partial charge in [-0.25, -0.2) is 13.4 Å². The fourth-order valence-corrected chi connectivity index (χ4v) is 6.54. The number of sulfonamides is 1. The summed E-state index contributed by atoms with van der Waals surface area (Å²) in [5, 5.41) is 4.04. The Balaban J connectivity index is 1.07. The summed E-state index contributed by atoms with van der Waals surface area (Å²) in [6.45, 7) is 8.97. The van der Waals surface area contributed by atoms with Gasteiger partial charge < -0.3 is 10.2 Å². The first-order valence-electron chi connectivity index (χ1n) is 12.6. The van der Waals surface area contributed by atoms with Gasteiger partial charge in [0.15, 0.2) is 5.13 Å². The Kier molecular flexibility index (Phi) is 7.64. The number of nitrogens with one attached hydrogen (secondary N) is 2. The molecular weight excluding hydrogens is 518 g/mol. The summed E-state index contributed by atoms with van der Waals surface area (Å²) in [5.74, 6) is -0.179. The van der Waals surface area contributed by atoms with Crippen LogP contribution in [0.3, 0.4) is 0 Å². The van der Waals surface area contributed by atoms with Gasteiger partial charge in [0.1, 0.15) is 0 Å². The second-order valence-electron chi connectivity index (χ2n) is 9.55. The average molecular weight is 550 g/mol. The van der Waals surface area contributed by atoms with Crippen LogP contribution < -0.4 is 14.9 Å². The fraction of sp³-hybridized carbons (Fsp3) is 0.286. The van der Waals surface area contributed by atoms with E-state index in [2.05, 4.69) is 45.0 Å². The van der Waals surface area contributed by atoms with Crippen LogP contribution in [0.2, 0.25) is 0 Å². The molecule has 0 saturated carbocycles. The fourth-order valence-electron chi connectivity index (χ4n) is 4.37. The summed E-state index contributed by atoms with van der Waals surface area (Å²) in [6, 6.07) is 19.5. The number of nitrogens with zero attached hydrogens (tertiary/aromatic N) is 3. The Morgan fingerprint density at radius 1 is 0.921 bits per heavy atom. The molecule has 1 amide bonds. The molecule has 0 unspecified atom stereocenters. The zero-order valence-corrected chi connectivity index (χ0v) is 23.1. The quantitative estimate of drug-likeness (QED) is 0.341. The second-order valence-corrected chi connectivity index (χ2v) is 12.2. The van der Waals surface area contributed by atoms with Crippen LogP contribution >= 0.6 is 11.3 Å². The minimum Gasteiger partial charge on any atom is -0.351 e. The van der Waals surface area contributed by atoms with E-state index in [0.717, 1.165) is 48.9 Å². The maximum Gasteiger partial charge on any atom is 0.261 e. The number of benzene rings is 3. The van der Waals surface area contributed by atoms with Crippen molar-refractivity contribution < 1.29 is 13.2 Å². The van der Waals surface area contributed by atoms with Crippen LogP contribution in [0, 0.1) is 13.8 Å². The molecule has 10 heteroatoms. The molecule has 0 bridgehead atoms. The number of hydrogen-bond acceptors (Lipinski definition) is 7. The number of fused-ring (bicyclic) bond motifs is 1. The van der Waals surface area contributed by atoms with E-state index in [-0.39, 0.29) is 10.8 Å². The molecule has 2 N–H and O–H groups in total. The number of rotatable bonds is 8. The Hall–Kier alpha value is -3.47. The maximum absolute atomic E-state index is 12.6. The van der Waals surface area contributed by atoms with E-state index >= 15 is 0 Å². The maximum atomic E-state index is 12.6. The molecule has 1 fully saturated rings. The van der Waals surface area contributed by atoms with Crippen LogP contribution in [0.25, 0.3) is 10.2 Å². The number of aromatic nitrogens is 1. The minimum atomic E-state index is -3.68. The van der Waals surface area contributed by atoms with Crippen LogP contribution in [0.5, 0.6) is 0 Å². The molecule has 2 heterocycles. The third-order valence-electron chi connectivity index (χ3n) is 6.62. The summed E-state index contributed by atoms with van der Waals surface area (Å²) in [4.78, 5) is 22.3. The van der Waals surface area contributed by atoms with Crippen molar-refractivity contribution in [1.82, 2.24) is 15.2 Å². The number of carbonyl (C=O) groups excluding carboxylic acids is 1. The molecule has 3 aromatic carbocycles. The Labute approximate surface area is 227 Å². The summed E-state index contributed by atoms with van der Waals surface area (Å²) in [5.41, 5.74) is 4.18. The highest BCUT2D eigenvalue weighted by atomic mass is 32.2. The van der Waals surface area contributed by atoms with E-state index in [1.54, 1.807) is 59.9 Å². The van der Waals surface area contributed by atoms with Gasteiger partial charge in [-0.05, 0) is 67.9 Å². The first-order chi connectivity index (χ1) is 18.3. The van der Waals surface area contributed by atoms with E-state index in [9.17, 15) is 13.2 Å². The highest BCUT2D eigenvalue weighted by Gasteiger charge is 2.20. The predicted octanol–water partition coefficient (Wildman–Crippen LogP) is 4.27. The molecule has 1 aromatic heterocycles. The number of piperazine rings is 1. The van der Waals surface area contributed by atoms with Gasteiger partial charge >= 0.3 is 0 Å². The number of aryl methyl sites for hydroxylation is 2. The normalized spacial score (nSPS) is 14.5. The lowest BCUT2D eigenvalue weighted by Gasteiger charge is -2.34. The molecule has 0 radical (unpaired) electrons. The van der Waals surface area contributed by atoms with Crippen LogP contribution in [-0.4, -0.2) is 63.5 Å². The Morgan fingerprint density at radius 2 is 1.61 bits per heavy atom. The molecule has 0 aliphatic carbocycles.